The molecule has 1 amide bonds. The second kappa shape index (κ2) is 6.20. The van der Waals surface area contributed by atoms with E-state index in [1.807, 2.05) is 36.4 Å². The van der Waals surface area contributed by atoms with E-state index in [1.165, 1.54) is 11.3 Å². The van der Waals surface area contributed by atoms with Gasteiger partial charge < -0.3 is 0 Å². The number of hydrogen-bond acceptors (Lipinski definition) is 4. The second-order valence-electron chi connectivity index (χ2n) is 4.54. The molecular weight excluding hydrogens is 294 g/mol. The minimum Gasteiger partial charge on any atom is -0.298 e. The van der Waals surface area contributed by atoms with Gasteiger partial charge in [0.05, 0.1) is 16.5 Å². The first-order valence-corrected chi connectivity index (χ1v) is 7.41. The maximum absolute atomic E-state index is 12.2. The van der Waals surface area contributed by atoms with Gasteiger partial charge in [-0.25, -0.2) is 4.98 Å². The molecule has 0 radical (unpaired) electrons. The summed E-state index contributed by atoms with van der Waals surface area (Å²) in [6, 6.07) is 18.5. The molecule has 1 heterocycles. The number of aromatic nitrogens is 1. The fourth-order valence-electron chi connectivity index (χ4n) is 1.97. The van der Waals surface area contributed by atoms with E-state index < -0.39 is 0 Å². The number of amides is 1. The zero-order valence-corrected chi connectivity index (χ0v) is 12.3. The summed E-state index contributed by atoms with van der Waals surface area (Å²) in [5, 5.41) is 12.2. The van der Waals surface area contributed by atoms with E-state index in [2.05, 4.69) is 10.3 Å². The third kappa shape index (κ3) is 3.03. The lowest BCUT2D eigenvalue weighted by atomic mass is 10.1. The van der Waals surface area contributed by atoms with E-state index in [9.17, 15) is 4.79 Å². The number of nitriles is 1. The molecular formula is C17H11N3OS. The van der Waals surface area contributed by atoms with Gasteiger partial charge in [-0.15, -0.1) is 0 Å². The van der Waals surface area contributed by atoms with E-state index in [-0.39, 0.29) is 5.91 Å². The third-order valence-corrected chi connectivity index (χ3v) is 4.00. The Kier molecular flexibility index (Phi) is 3.95. The quantitative estimate of drug-likeness (QED) is 0.797. The molecule has 0 bridgehead atoms. The van der Waals surface area contributed by atoms with Gasteiger partial charge in [0.25, 0.3) is 5.91 Å². The largest absolute Gasteiger partial charge is 0.298 e. The Labute approximate surface area is 131 Å². The molecule has 5 heteroatoms. The van der Waals surface area contributed by atoms with Gasteiger partial charge >= 0.3 is 0 Å². The smallest absolute Gasteiger partial charge is 0.257 e. The summed E-state index contributed by atoms with van der Waals surface area (Å²) in [5.74, 6) is -0.272. The number of rotatable bonds is 3. The van der Waals surface area contributed by atoms with Gasteiger partial charge in [-0.1, -0.05) is 47.7 Å². The highest BCUT2D eigenvalue weighted by atomic mass is 32.1. The molecule has 22 heavy (non-hydrogen) atoms. The number of nitrogens with one attached hydrogen (secondary N) is 1. The monoisotopic (exact) mass is 305 g/mol. The number of nitrogens with zero attached hydrogens (tertiary/aromatic N) is 2. The molecule has 2 aromatic carbocycles. The van der Waals surface area contributed by atoms with Gasteiger partial charge in [0.1, 0.15) is 0 Å². The molecule has 0 aliphatic rings. The van der Waals surface area contributed by atoms with Gasteiger partial charge in [0.2, 0.25) is 0 Å². The number of benzene rings is 2. The topological polar surface area (TPSA) is 65.8 Å². The normalized spacial score (nSPS) is 9.95. The lowest BCUT2D eigenvalue weighted by Gasteiger charge is -2.01. The third-order valence-electron chi connectivity index (χ3n) is 3.04. The van der Waals surface area contributed by atoms with Gasteiger partial charge in [-0.3, -0.25) is 10.1 Å². The molecule has 0 aliphatic carbocycles. The maximum Gasteiger partial charge on any atom is 0.257 e. The van der Waals surface area contributed by atoms with Crippen LogP contribution in [0.4, 0.5) is 5.13 Å². The van der Waals surface area contributed by atoms with Crippen LogP contribution in [0.15, 0.2) is 60.8 Å². The minimum atomic E-state index is -0.272. The van der Waals surface area contributed by atoms with Crippen molar-refractivity contribution in [2.45, 2.75) is 0 Å². The number of carbonyl (C=O) groups is 1. The van der Waals surface area contributed by atoms with Crippen LogP contribution < -0.4 is 5.32 Å². The van der Waals surface area contributed by atoms with Gasteiger partial charge in [-0.2, -0.15) is 5.26 Å². The molecule has 3 rings (SSSR count). The molecule has 3 aromatic rings. The molecule has 0 atom stereocenters. The van der Waals surface area contributed by atoms with Crippen molar-refractivity contribution in [3.8, 4) is 16.5 Å². The van der Waals surface area contributed by atoms with E-state index >= 15 is 0 Å². The first kappa shape index (κ1) is 14.0. The fraction of sp³-hybridized carbons (Fsp3) is 0. The lowest BCUT2D eigenvalue weighted by molar-refractivity contribution is 0.102. The predicted molar refractivity (Wildman–Crippen MR) is 86.7 cm³/mol. The van der Waals surface area contributed by atoms with Crippen molar-refractivity contribution in [3.05, 3.63) is 71.9 Å². The van der Waals surface area contributed by atoms with Crippen molar-refractivity contribution in [3.63, 3.8) is 0 Å². The van der Waals surface area contributed by atoms with E-state index in [0.29, 0.717) is 16.3 Å². The second-order valence-corrected chi connectivity index (χ2v) is 5.57. The van der Waals surface area contributed by atoms with Crippen LogP contribution in [0.2, 0.25) is 0 Å². The van der Waals surface area contributed by atoms with Crippen LogP contribution in [0, 0.1) is 11.3 Å². The highest BCUT2D eigenvalue weighted by molar-refractivity contribution is 7.19. The Morgan fingerprint density at radius 2 is 1.95 bits per heavy atom. The summed E-state index contributed by atoms with van der Waals surface area (Å²) in [5.41, 5.74) is 1.96. The Hall–Kier alpha value is -2.97. The zero-order chi connectivity index (χ0) is 15.4. The van der Waals surface area contributed by atoms with Crippen molar-refractivity contribution in [2.75, 3.05) is 5.32 Å². The van der Waals surface area contributed by atoms with E-state index in [0.717, 1.165) is 10.4 Å². The highest BCUT2D eigenvalue weighted by Crippen LogP contribution is 2.28. The number of carbonyl (C=O) groups excluding carboxylic acids is 1. The first-order valence-electron chi connectivity index (χ1n) is 6.59. The summed E-state index contributed by atoms with van der Waals surface area (Å²) in [6.07, 6.45) is 1.74. The summed E-state index contributed by atoms with van der Waals surface area (Å²) < 4.78 is 0. The molecule has 0 fully saturated rings. The molecule has 0 aliphatic heterocycles. The molecule has 0 unspecified atom stereocenters. The minimum absolute atomic E-state index is 0.272. The summed E-state index contributed by atoms with van der Waals surface area (Å²) in [6.45, 7) is 0. The van der Waals surface area contributed by atoms with Crippen molar-refractivity contribution in [2.24, 2.45) is 0 Å². The summed E-state index contributed by atoms with van der Waals surface area (Å²) in [4.78, 5) is 17.4. The van der Waals surface area contributed by atoms with Gasteiger partial charge in [0.15, 0.2) is 5.13 Å². The summed E-state index contributed by atoms with van der Waals surface area (Å²) in [7, 11) is 0. The van der Waals surface area contributed by atoms with Crippen LogP contribution in [0.3, 0.4) is 0 Å². The van der Waals surface area contributed by atoms with Gasteiger partial charge in [-0.05, 0) is 23.8 Å². The predicted octanol–water partition coefficient (Wildman–Crippen LogP) is 3.93. The first-order chi connectivity index (χ1) is 10.8. The Bertz CT molecular complexity index is 850. The van der Waals surface area contributed by atoms with Crippen LogP contribution in [0.1, 0.15) is 15.9 Å². The fourth-order valence-corrected chi connectivity index (χ4v) is 2.78. The number of hydrogen-bond donors (Lipinski definition) is 1. The Morgan fingerprint density at radius 1 is 1.14 bits per heavy atom. The van der Waals surface area contributed by atoms with Crippen molar-refractivity contribution in [1.82, 2.24) is 4.98 Å². The molecule has 1 N–H and O–H groups in total. The molecule has 0 saturated carbocycles. The average Bonchev–Trinajstić information content (AvgIpc) is 3.04. The highest BCUT2D eigenvalue weighted by Gasteiger charge is 2.10. The van der Waals surface area contributed by atoms with Crippen molar-refractivity contribution >= 4 is 22.4 Å². The molecule has 0 spiro atoms. The van der Waals surface area contributed by atoms with Crippen LogP contribution in [-0.4, -0.2) is 10.9 Å². The average molecular weight is 305 g/mol. The standard InChI is InChI=1S/C17H11N3OS/c18-10-12-5-4-8-14(9-12)16(21)20-17-19-11-15(22-17)13-6-2-1-3-7-13/h1-9,11H,(H,19,20,21). The van der Waals surface area contributed by atoms with E-state index in [4.69, 9.17) is 5.26 Å². The van der Waals surface area contributed by atoms with Gasteiger partial charge in [0, 0.05) is 11.8 Å². The van der Waals surface area contributed by atoms with E-state index in [1.54, 1.807) is 30.5 Å². The van der Waals surface area contributed by atoms with Crippen LogP contribution in [0.5, 0.6) is 0 Å². The molecule has 4 nitrogen and oxygen atoms in total. The zero-order valence-electron chi connectivity index (χ0n) is 11.5. The molecule has 1 aromatic heterocycles. The molecule has 106 valence electrons. The van der Waals surface area contributed by atoms with Crippen molar-refractivity contribution in [1.29, 1.82) is 5.26 Å². The molecule has 0 saturated heterocycles. The van der Waals surface area contributed by atoms with Crippen molar-refractivity contribution < 1.29 is 4.79 Å². The van der Waals surface area contributed by atoms with Crippen LogP contribution in [-0.2, 0) is 0 Å². The number of thiazole rings is 1. The SMILES string of the molecule is N#Cc1cccc(C(=O)Nc2ncc(-c3ccccc3)s2)c1. The van der Waals surface area contributed by atoms with Crippen LogP contribution >= 0.6 is 11.3 Å². The maximum atomic E-state index is 12.2. The number of anilines is 1. The lowest BCUT2D eigenvalue weighted by Crippen LogP contribution is -2.11. The Morgan fingerprint density at radius 3 is 2.73 bits per heavy atom. The summed E-state index contributed by atoms with van der Waals surface area (Å²) >= 11 is 1.41. The Balaban J connectivity index is 1.78. The van der Waals surface area contributed by atoms with Crippen LogP contribution in [0.25, 0.3) is 10.4 Å².